The molecule has 0 atom stereocenters. The van der Waals surface area contributed by atoms with Crippen molar-refractivity contribution in [1.29, 1.82) is 0 Å². The van der Waals surface area contributed by atoms with Crippen LogP contribution in [0.3, 0.4) is 0 Å². The first-order valence-electron chi connectivity index (χ1n) is 6.72. The summed E-state index contributed by atoms with van der Waals surface area (Å²) >= 11 is 0. The first-order chi connectivity index (χ1) is 9.81. The number of hydrogen-bond acceptors (Lipinski definition) is 6. The first-order valence-corrected chi connectivity index (χ1v) is 6.72. The molecule has 2 aromatic rings. The number of nitrogen functional groups attached to an aromatic ring is 1. The second kappa shape index (κ2) is 5.75. The molecular weight excluding hydrogens is 252 g/mol. The second-order valence-electron chi connectivity index (χ2n) is 4.71. The highest BCUT2D eigenvalue weighted by molar-refractivity contribution is 5.59. The molecule has 0 saturated carbocycles. The summed E-state index contributed by atoms with van der Waals surface area (Å²) in [6.07, 6.45) is 1.64. The third kappa shape index (κ3) is 2.97. The van der Waals surface area contributed by atoms with Gasteiger partial charge in [0.05, 0.1) is 0 Å². The van der Waals surface area contributed by atoms with Crippen LogP contribution < -0.4 is 21.3 Å². The summed E-state index contributed by atoms with van der Waals surface area (Å²) in [7, 11) is 0. The molecule has 1 aliphatic heterocycles. The van der Waals surface area contributed by atoms with Gasteiger partial charge in [-0.25, -0.2) is 4.98 Å². The van der Waals surface area contributed by atoms with Gasteiger partial charge in [0.15, 0.2) is 0 Å². The zero-order chi connectivity index (χ0) is 13.8. The third-order valence-electron chi connectivity index (χ3n) is 3.28. The van der Waals surface area contributed by atoms with Crippen LogP contribution in [0.15, 0.2) is 36.5 Å². The molecule has 0 bridgehead atoms. The lowest BCUT2D eigenvalue weighted by molar-refractivity contribution is 0.589. The number of nitrogens with one attached hydrogen (secondary N) is 2. The molecule has 0 radical (unpaired) electrons. The Balaban J connectivity index is 1.69. The second-order valence-corrected chi connectivity index (χ2v) is 4.71. The first kappa shape index (κ1) is 12.7. The highest BCUT2D eigenvalue weighted by atomic mass is 15.2. The molecule has 0 amide bonds. The molecule has 1 fully saturated rings. The van der Waals surface area contributed by atoms with E-state index in [-0.39, 0.29) is 0 Å². The predicted molar refractivity (Wildman–Crippen MR) is 81.3 cm³/mol. The zero-order valence-corrected chi connectivity index (χ0v) is 11.2. The van der Waals surface area contributed by atoms with Crippen LogP contribution in [0.5, 0.6) is 0 Å². The maximum Gasteiger partial charge on any atom is 0.229 e. The Labute approximate surface area is 118 Å². The van der Waals surface area contributed by atoms with Gasteiger partial charge in [-0.1, -0.05) is 0 Å². The molecule has 1 aliphatic rings. The lowest BCUT2D eigenvalue weighted by atomic mass is 10.2. The zero-order valence-electron chi connectivity index (χ0n) is 11.2. The van der Waals surface area contributed by atoms with Crippen LogP contribution >= 0.6 is 0 Å². The Morgan fingerprint density at radius 1 is 1.10 bits per heavy atom. The molecule has 2 heterocycles. The van der Waals surface area contributed by atoms with Gasteiger partial charge < -0.3 is 21.3 Å². The minimum absolute atomic E-state index is 0.458. The maximum atomic E-state index is 5.63. The number of piperazine rings is 1. The van der Waals surface area contributed by atoms with Gasteiger partial charge in [0.2, 0.25) is 5.95 Å². The number of anilines is 4. The smallest absolute Gasteiger partial charge is 0.229 e. The fraction of sp³-hybridized carbons (Fsp3) is 0.286. The van der Waals surface area contributed by atoms with E-state index in [9.17, 15) is 0 Å². The van der Waals surface area contributed by atoms with Crippen molar-refractivity contribution in [1.82, 2.24) is 15.3 Å². The number of aromatic nitrogens is 2. The van der Waals surface area contributed by atoms with E-state index in [1.807, 2.05) is 12.1 Å². The largest absolute Gasteiger partial charge is 0.384 e. The lowest BCUT2D eigenvalue weighted by Gasteiger charge is -2.29. The van der Waals surface area contributed by atoms with Crippen molar-refractivity contribution in [2.24, 2.45) is 0 Å². The molecule has 0 spiro atoms. The molecular formula is C14H18N6. The summed E-state index contributed by atoms with van der Waals surface area (Å²) in [5, 5.41) is 6.49. The van der Waals surface area contributed by atoms with Crippen LogP contribution in [-0.2, 0) is 0 Å². The number of hydrogen-bond donors (Lipinski definition) is 3. The van der Waals surface area contributed by atoms with Crippen LogP contribution in [0, 0.1) is 0 Å². The van der Waals surface area contributed by atoms with Crippen molar-refractivity contribution in [2.75, 3.05) is 42.1 Å². The molecule has 1 aromatic carbocycles. The van der Waals surface area contributed by atoms with E-state index in [0.717, 1.165) is 31.9 Å². The maximum absolute atomic E-state index is 5.63. The summed E-state index contributed by atoms with van der Waals surface area (Å²) in [5.41, 5.74) is 7.82. The summed E-state index contributed by atoms with van der Waals surface area (Å²) in [5.74, 6) is 0.972. The van der Waals surface area contributed by atoms with Crippen molar-refractivity contribution < 1.29 is 0 Å². The van der Waals surface area contributed by atoms with E-state index in [2.05, 4.69) is 37.6 Å². The molecule has 1 aromatic heterocycles. The van der Waals surface area contributed by atoms with Gasteiger partial charge in [-0.05, 0) is 30.3 Å². The van der Waals surface area contributed by atoms with E-state index in [1.165, 1.54) is 5.69 Å². The van der Waals surface area contributed by atoms with Gasteiger partial charge in [0.1, 0.15) is 5.82 Å². The molecule has 104 valence electrons. The predicted octanol–water partition coefficient (Wildman–Crippen LogP) is 1.21. The average Bonchev–Trinajstić information content (AvgIpc) is 2.49. The summed E-state index contributed by atoms with van der Waals surface area (Å²) in [6, 6.07) is 9.95. The Hall–Kier alpha value is -2.34. The van der Waals surface area contributed by atoms with Gasteiger partial charge in [-0.15, -0.1) is 0 Å². The van der Waals surface area contributed by atoms with Crippen molar-refractivity contribution in [3.63, 3.8) is 0 Å². The van der Waals surface area contributed by atoms with E-state index in [0.29, 0.717) is 11.8 Å². The van der Waals surface area contributed by atoms with Crippen LogP contribution in [-0.4, -0.2) is 36.1 Å². The van der Waals surface area contributed by atoms with E-state index < -0.39 is 0 Å². The summed E-state index contributed by atoms with van der Waals surface area (Å²) in [6.45, 7) is 4.17. The molecule has 3 rings (SSSR count). The normalized spacial score (nSPS) is 15.1. The van der Waals surface area contributed by atoms with E-state index in [1.54, 1.807) is 12.3 Å². The lowest BCUT2D eigenvalue weighted by Crippen LogP contribution is -2.43. The summed E-state index contributed by atoms with van der Waals surface area (Å²) in [4.78, 5) is 10.6. The molecule has 0 aliphatic carbocycles. The van der Waals surface area contributed by atoms with Crippen LogP contribution in [0.2, 0.25) is 0 Å². The summed E-state index contributed by atoms with van der Waals surface area (Å²) < 4.78 is 0. The standard InChI is InChI=1S/C14H18N6/c15-13-5-6-17-14(19-13)18-11-1-3-12(4-2-11)20-9-7-16-8-10-20/h1-6,16H,7-10H2,(H3,15,17,18,19). The SMILES string of the molecule is Nc1ccnc(Nc2ccc(N3CCNCC3)cc2)n1. The van der Waals surface area contributed by atoms with Crippen molar-refractivity contribution in [2.45, 2.75) is 0 Å². The minimum Gasteiger partial charge on any atom is -0.384 e. The van der Waals surface area contributed by atoms with Gasteiger partial charge in [0, 0.05) is 43.8 Å². The molecule has 1 saturated heterocycles. The fourth-order valence-corrected chi connectivity index (χ4v) is 2.24. The quantitative estimate of drug-likeness (QED) is 0.778. The van der Waals surface area contributed by atoms with Crippen molar-refractivity contribution in [3.05, 3.63) is 36.5 Å². The number of nitrogens with zero attached hydrogens (tertiary/aromatic N) is 3. The molecule has 6 nitrogen and oxygen atoms in total. The monoisotopic (exact) mass is 270 g/mol. The average molecular weight is 270 g/mol. The van der Waals surface area contributed by atoms with Gasteiger partial charge >= 0.3 is 0 Å². The molecule has 6 heteroatoms. The van der Waals surface area contributed by atoms with Crippen LogP contribution in [0.25, 0.3) is 0 Å². The van der Waals surface area contributed by atoms with Gasteiger partial charge in [0.25, 0.3) is 0 Å². The Morgan fingerprint density at radius 2 is 1.85 bits per heavy atom. The molecule has 20 heavy (non-hydrogen) atoms. The number of benzene rings is 1. The van der Waals surface area contributed by atoms with E-state index in [4.69, 9.17) is 5.73 Å². The van der Waals surface area contributed by atoms with Crippen molar-refractivity contribution in [3.8, 4) is 0 Å². The molecule has 4 N–H and O–H groups in total. The highest BCUT2D eigenvalue weighted by Crippen LogP contribution is 2.20. The Morgan fingerprint density at radius 3 is 2.55 bits per heavy atom. The molecule has 0 unspecified atom stereocenters. The minimum atomic E-state index is 0.458. The fourth-order valence-electron chi connectivity index (χ4n) is 2.24. The Bertz CT molecular complexity index is 562. The van der Waals surface area contributed by atoms with Crippen molar-refractivity contribution >= 4 is 23.1 Å². The van der Waals surface area contributed by atoms with Gasteiger partial charge in [-0.3, -0.25) is 0 Å². The Kier molecular flexibility index (Phi) is 3.64. The number of rotatable bonds is 3. The number of nitrogens with two attached hydrogens (primary N) is 1. The topological polar surface area (TPSA) is 79.1 Å². The van der Waals surface area contributed by atoms with Crippen LogP contribution in [0.4, 0.5) is 23.1 Å². The highest BCUT2D eigenvalue weighted by Gasteiger charge is 2.09. The van der Waals surface area contributed by atoms with Gasteiger partial charge in [-0.2, -0.15) is 4.98 Å². The van der Waals surface area contributed by atoms with Crippen LogP contribution in [0.1, 0.15) is 0 Å². The van der Waals surface area contributed by atoms with E-state index >= 15 is 0 Å². The third-order valence-corrected chi connectivity index (χ3v) is 3.28.